The molecule has 1 saturated heterocycles. The zero-order valence-corrected chi connectivity index (χ0v) is 12.2. The third kappa shape index (κ3) is 3.71. The molecule has 0 bridgehead atoms. The Balaban J connectivity index is 1.94. The summed E-state index contributed by atoms with van der Waals surface area (Å²) in [6.07, 6.45) is 6.20. The molecule has 2 fully saturated rings. The van der Waals surface area contributed by atoms with E-state index in [1.807, 2.05) is 6.92 Å². The van der Waals surface area contributed by atoms with Crippen molar-refractivity contribution >= 4 is 5.91 Å². The van der Waals surface area contributed by atoms with Crippen molar-refractivity contribution in [2.75, 3.05) is 19.8 Å². The maximum absolute atomic E-state index is 12.6. The van der Waals surface area contributed by atoms with Crippen LogP contribution in [0.25, 0.3) is 0 Å². The van der Waals surface area contributed by atoms with Gasteiger partial charge in [-0.2, -0.15) is 5.26 Å². The van der Waals surface area contributed by atoms with Crippen molar-refractivity contribution in [3.63, 3.8) is 0 Å². The molecule has 2 rings (SSSR count). The van der Waals surface area contributed by atoms with E-state index in [-0.39, 0.29) is 12.0 Å². The minimum absolute atomic E-state index is 0.0482. The third-order valence-corrected chi connectivity index (χ3v) is 4.12. The molecule has 2 atom stereocenters. The number of amides is 1. The van der Waals surface area contributed by atoms with E-state index in [1.165, 1.54) is 19.3 Å². The molecule has 5 heteroatoms. The molecule has 1 saturated carbocycles. The van der Waals surface area contributed by atoms with Crippen LogP contribution in [0.5, 0.6) is 0 Å². The van der Waals surface area contributed by atoms with Crippen molar-refractivity contribution in [3.8, 4) is 6.07 Å². The summed E-state index contributed by atoms with van der Waals surface area (Å²) in [6.45, 7) is 3.26. The lowest BCUT2D eigenvalue weighted by Crippen LogP contribution is -2.52. The summed E-state index contributed by atoms with van der Waals surface area (Å²) in [5, 5.41) is 9.12. The highest BCUT2D eigenvalue weighted by atomic mass is 16.5. The van der Waals surface area contributed by atoms with Crippen molar-refractivity contribution in [2.24, 2.45) is 0 Å². The molecule has 0 aromatic heterocycles. The molecule has 0 aromatic rings. The fourth-order valence-corrected chi connectivity index (χ4v) is 2.92. The van der Waals surface area contributed by atoms with Crippen molar-refractivity contribution in [3.05, 3.63) is 0 Å². The first-order valence-electron chi connectivity index (χ1n) is 7.69. The third-order valence-electron chi connectivity index (χ3n) is 4.12. The second kappa shape index (κ2) is 7.61. The fourth-order valence-electron chi connectivity index (χ4n) is 2.92. The SMILES string of the molecule is CC[C@@H](OC1CCCCC1)C(=O)N1CCOC[C@H]1C#N. The van der Waals surface area contributed by atoms with Crippen LogP contribution in [-0.4, -0.2) is 48.8 Å². The predicted molar refractivity (Wildman–Crippen MR) is 74.0 cm³/mol. The largest absolute Gasteiger partial charge is 0.376 e. The zero-order valence-electron chi connectivity index (χ0n) is 12.2. The Morgan fingerprint density at radius 3 is 2.85 bits per heavy atom. The average molecular weight is 280 g/mol. The van der Waals surface area contributed by atoms with E-state index < -0.39 is 12.1 Å². The van der Waals surface area contributed by atoms with Crippen molar-refractivity contribution in [2.45, 2.75) is 63.7 Å². The van der Waals surface area contributed by atoms with Crippen LogP contribution in [0.4, 0.5) is 0 Å². The number of morpholine rings is 1. The van der Waals surface area contributed by atoms with Gasteiger partial charge in [-0.15, -0.1) is 0 Å². The minimum Gasteiger partial charge on any atom is -0.376 e. The highest BCUT2D eigenvalue weighted by molar-refractivity contribution is 5.81. The molecule has 1 aliphatic carbocycles. The predicted octanol–water partition coefficient (Wildman–Crippen LogP) is 1.87. The van der Waals surface area contributed by atoms with Gasteiger partial charge in [0.2, 0.25) is 0 Å². The molecule has 20 heavy (non-hydrogen) atoms. The van der Waals surface area contributed by atoms with Gasteiger partial charge in [0.15, 0.2) is 0 Å². The molecular formula is C15H24N2O3. The molecule has 0 N–H and O–H groups in total. The molecule has 1 amide bonds. The minimum atomic E-state index is -0.472. The van der Waals surface area contributed by atoms with E-state index >= 15 is 0 Å². The number of rotatable bonds is 4. The molecule has 2 aliphatic rings. The maximum Gasteiger partial charge on any atom is 0.252 e. The highest BCUT2D eigenvalue weighted by Gasteiger charge is 2.33. The first-order chi connectivity index (χ1) is 9.76. The Kier molecular flexibility index (Phi) is 5.81. The van der Waals surface area contributed by atoms with Gasteiger partial charge in [0.1, 0.15) is 12.1 Å². The first-order valence-corrected chi connectivity index (χ1v) is 7.69. The summed E-state index contributed by atoms with van der Waals surface area (Å²) in [6, 6.07) is 1.67. The van der Waals surface area contributed by atoms with Crippen molar-refractivity contribution < 1.29 is 14.3 Å². The molecule has 0 aromatic carbocycles. The number of ether oxygens (including phenoxy) is 2. The Morgan fingerprint density at radius 2 is 2.20 bits per heavy atom. The summed E-state index contributed by atoms with van der Waals surface area (Å²) in [5.74, 6) is -0.0482. The highest BCUT2D eigenvalue weighted by Crippen LogP contribution is 2.23. The van der Waals surface area contributed by atoms with Gasteiger partial charge >= 0.3 is 0 Å². The van der Waals surface area contributed by atoms with Crippen LogP contribution in [0.2, 0.25) is 0 Å². The fraction of sp³-hybridized carbons (Fsp3) is 0.867. The first kappa shape index (κ1) is 15.3. The number of carbonyl (C=O) groups excluding carboxylic acids is 1. The van der Waals surface area contributed by atoms with Gasteiger partial charge in [0.05, 0.1) is 25.4 Å². The Bertz CT molecular complexity index is 361. The van der Waals surface area contributed by atoms with Gasteiger partial charge in [-0.05, 0) is 19.3 Å². The second-order valence-electron chi connectivity index (χ2n) is 5.54. The summed E-state index contributed by atoms with van der Waals surface area (Å²) < 4.78 is 11.3. The van der Waals surface area contributed by atoms with Gasteiger partial charge in [0.25, 0.3) is 5.91 Å². The average Bonchev–Trinajstić information content (AvgIpc) is 2.53. The normalized spacial score (nSPS) is 26.0. The van der Waals surface area contributed by atoms with Gasteiger partial charge in [-0.3, -0.25) is 4.79 Å². The smallest absolute Gasteiger partial charge is 0.252 e. The summed E-state index contributed by atoms with van der Waals surface area (Å²) in [7, 11) is 0. The standard InChI is InChI=1S/C15H24N2O3/c1-2-14(20-13-6-4-3-5-7-13)15(18)17-8-9-19-11-12(17)10-16/h12-14H,2-9,11H2,1H3/t12-,14-/m1/s1. The van der Waals surface area contributed by atoms with E-state index in [9.17, 15) is 4.79 Å². The van der Waals surface area contributed by atoms with Crippen LogP contribution in [0.15, 0.2) is 0 Å². The zero-order chi connectivity index (χ0) is 14.4. The molecule has 5 nitrogen and oxygen atoms in total. The molecule has 0 spiro atoms. The lowest BCUT2D eigenvalue weighted by Gasteiger charge is -2.35. The number of carbonyl (C=O) groups is 1. The number of nitrogens with zero attached hydrogens (tertiary/aromatic N) is 2. The Hall–Kier alpha value is -1.12. The van der Waals surface area contributed by atoms with E-state index in [1.54, 1.807) is 4.90 Å². The van der Waals surface area contributed by atoms with E-state index in [0.29, 0.717) is 26.2 Å². The molecule has 1 aliphatic heterocycles. The van der Waals surface area contributed by atoms with Crippen LogP contribution in [0.1, 0.15) is 45.4 Å². The van der Waals surface area contributed by atoms with E-state index in [0.717, 1.165) is 12.8 Å². The van der Waals surface area contributed by atoms with E-state index in [4.69, 9.17) is 14.7 Å². The topological polar surface area (TPSA) is 62.6 Å². The number of hydrogen-bond acceptors (Lipinski definition) is 4. The van der Waals surface area contributed by atoms with Crippen LogP contribution in [-0.2, 0) is 14.3 Å². The van der Waals surface area contributed by atoms with Gasteiger partial charge in [0, 0.05) is 6.54 Å². The summed E-state index contributed by atoms with van der Waals surface area (Å²) in [4.78, 5) is 14.2. The number of hydrogen-bond donors (Lipinski definition) is 0. The van der Waals surface area contributed by atoms with Crippen LogP contribution >= 0.6 is 0 Å². The molecular weight excluding hydrogens is 256 g/mol. The Morgan fingerprint density at radius 1 is 1.45 bits per heavy atom. The monoisotopic (exact) mass is 280 g/mol. The summed E-state index contributed by atoms with van der Waals surface area (Å²) >= 11 is 0. The van der Waals surface area contributed by atoms with Crippen molar-refractivity contribution in [1.29, 1.82) is 5.26 Å². The van der Waals surface area contributed by atoms with Gasteiger partial charge in [-0.1, -0.05) is 26.2 Å². The molecule has 1 heterocycles. The number of nitriles is 1. The van der Waals surface area contributed by atoms with Crippen LogP contribution in [0, 0.1) is 11.3 Å². The van der Waals surface area contributed by atoms with Crippen molar-refractivity contribution in [1.82, 2.24) is 4.90 Å². The van der Waals surface area contributed by atoms with Gasteiger partial charge in [-0.25, -0.2) is 0 Å². The van der Waals surface area contributed by atoms with Gasteiger partial charge < -0.3 is 14.4 Å². The second-order valence-corrected chi connectivity index (χ2v) is 5.54. The summed E-state index contributed by atoms with van der Waals surface area (Å²) in [5.41, 5.74) is 0. The van der Waals surface area contributed by atoms with Crippen LogP contribution in [0.3, 0.4) is 0 Å². The molecule has 0 radical (unpaired) electrons. The quantitative estimate of drug-likeness (QED) is 0.788. The lowest BCUT2D eigenvalue weighted by atomic mass is 9.97. The maximum atomic E-state index is 12.6. The molecule has 112 valence electrons. The lowest BCUT2D eigenvalue weighted by molar-refractivity contribution is -0.155. The van der Waals surface area contributed by atoms with Crippen LogP contribution < -0.4 is 0 Å². The van der Waals surface area contributed by atoms with E-state index in [2.05, 4.69) is 6.07 Å². The Labute approximate surface area is 120 Å². The molecule has 0 unspecified atom stereocenters.